The van der Waals surface area contributed by atoms with Crippen LogP contribution in [-0.4, -0.2) is 27.4 Å². The fraction of sp³-hybridized carbons (Fsp3) is 0.0455. The predicted molar refractivity (Wildman–Crippen MR) is 113 cm³/mol. The van der Waals surface area contributed by atoms with Crippen molar-refractivity contribution in [3.63, 3.8) is 0 Å². The smallest absolute Gasteiger partial charge is 0.0936 e. The summed E-state index contributed by atoms with van der Waals surface area (Å²) in [6, 6.07) is 11.5. The summed E-state index contributed by atoms with van der Waals surface area (Å²) in [5.41, 5.74) is 4.48. The quantitative estimate of drug-likeness (QED) is 0.626. The van der Waals surface area contributed by atoms with E-state index < -0.39 is 0 Å². The van der Waals surface area contributed by atoms with Gasteiger partial charge in [-0.2, -0.15) is 15.3 Å². The monoisotopic (exact) mass is 366 g/mol. The molecule has 0 atom stereocenters. The summed E-state index contributed by atoms with van der Waals surface area (Å²) in [6.45, 7) is 0. The SMILES string of the molecule is Cn1ccc(=NN=C2C=CC(=NN=C3C=CC(=N)c4ccccc43)C=C2)cc1. The van der Waals surface area contributed by atoms with Gasteiger partial charge in [0.1, 0.15) is 0 Å². The van der Waals surface area contributed by atoms with Crippen molar-refractivity contribution in [2.45, 2.75) is 0 Å². The number of rotatable bonds is 2. The Balaban J connectivity index is 1.53. The second kappa shape index (κ2) is 7.75. The first kappa shape index (κ1) is 17.5. The molecule has 136 valence electrons. The van der Waals surface area contributed by atoms with E-state index in [1.54, 1.807) is 6.08 Å². The molecule has 0 aliphatic heterocycles. The van der Waals surface area contributed by atoms with Gasteiger partial charge in [-0.05, 0) is 48.6 Å². The number of nitrogens with one attached hydrogen (secondary N) is 1. The summed E-state index contributed by atoms with van der Waals surface area (Å²) in [5.74, 6) is 0. The van der Waals surface area contributed by atoms with Gasteiger partial charge in [-0.1, -0.05) is 24.3 Å². The van der Waals surface area contributed by atoms with Crippen molar-refractivity contribution in [2.75, 3.05) is 0 Å². The van der Waals surface area contributed by atoms with Gasteiger partial charge >= 0.3 is 0 Å². The first-order chi connectivity index (χ1) is 13.7. The molecule has 0 unspecified atom stereocenters. The molecule has 6 heteroatoms. The average molecular weight is 366 g/mol. The Kier molecular flexibility index (Phi) is 4.84. The summed E-state index contributed by atoms with van der Waals surface area (Å²) in [5, 5.41) is 25.9. The Morgan fingerprint density at radius 1 is 0.679 bits per heavy atom. The number of aromatic nitrogens is 1. The molecule has 6 nitrogen and oxygen atoms in total. The minimum atomic E-state index is 0.483. The van der Waals surface area contributed by atoms with E-state index in [0.29, 0.717) is 5.71 Å². The van der Waals surface area contributed by atoms with Gasteiger partial charge < -0.3 is 9.98 Å². The second-order valence-corrected chi connectivity index (χ2v) is 6.32. The highest BCUT2D eigenvalue weighted by Gasteiger charge is 2.14. The van der Waals surface area contributed by atoms with Crippen molar-refractivity contribution in [3.8, 4) is 0 Å². The van der Waals surface area contributed by atoms with Crippen LogP contribution in [0.2, 0.25) is 0 Å². The van der Waals surface area contributed by atoms with Crippen LogP contribution < -0.4 is 5.36 Å². The molecule has 1 N–H and O–H groups in total. The first-order valence-corrected chi connectivity index (χ1v) is 8.81. The number of nitrogens with zero attached hydrogens (tertiary/aromatic N) is 5. The van der Waals surface area contributed by atoms with Crippen molar-refractivity contribution in [3.05, 3.63) is 102 Å². The number of aryl methyl sites for hydroxylation is 1. The first-order valence-electron chi connectivity index (χ1n) is 8.81. The van der Waals surface area contributed by atoms with Crippen LogP contribution in [0.5, 0.6) is 0 Å². The van der Waals surface area contributed by atoms with E-state index in [1.165, 1.54) is 0 Å². The van der Waals surface area contributed by atoms with Gasteiger partial charge in [0.05, 0.1) is 28.2 Å². The number of fused-ring (bicyclic) bond motifs is 1. The van der Waals surface area contributed by atoms with Crippen LogP contribution in [0.1, 0.15) is 11.1 Å². The molecule has 2 aliphatic rings. The molecular weight excluding hydrogens is 348 g/mol. The van der Waals surface area contributed by atoms with Gasteiger partial charge in [0.2, 0.25) is 0 Å². The lowest BCUT2D eigenvalue weighted by Gasteiger charge is -2.12. The van der Waals surface area contributed by atoms with Crippen molar-refractivity contribution in [2.24, 2.45) is 27.5 Å². The maximum Gasteiger partial charge on any atom is 0.0936 e. The van der Waals surface area contributed by atoms with Gasteiger partial charge in [-0.15, -0.1) is 5.10 Å². The second-order valence-electron chi connectivity index (χ2n) is 6.32. The van der Waals surface area contributed by atoms with E-state index in [4.69, 9.17) is 5.41 Å². The minimum absolute atomic E-state index is 0.483. The van der Waals surface area contributed by atoms with E-state index in [0.717, 1.165) is 33.6 Å². The van der Waals surface area contributed by atoms with Gasteiger partial charge in [0.15, 0.2) is 0 Å². The van der Waals surface area contributed by atoms with Gasteiger partial charge in [0, 0.05) is 30.6 Å². The molecule has 4 rings (SSSR count). The molecule has 28 heavy (non-hydrogen) atoms. The zero-order chi connectivity index (χ0) is 19.3. The molecule has 0 amide bonds. The zero-order valence-corrected chi connectivity index (χ0v) is 15.3. The Morgan fingerprint density at radius 3 is 1.96 bits per heavy atom. The lowest BCUT2D eigenvalue weighted by Crippen LogP contribution is -2.12. The number of benzene rings is 1. The molecule has 0 fully saturated rings. The highest BCUT2D eigenvalue weighted by Crippen LogP contribution is 2.17. The maximum atomic E-state index is 8.00. The molecule has 0 spiro atoms. The Labute approximate surface area is 162 Å². The summed E-state index contributed by atoms with van der Waals surface area (Å²) in [7, 11) is 1.96. The molecule has 0 saturated carbocycles. The zero-order valence-electron chi connectivity index (χ0n) is 15.3. The van der Waals surface area contributed by atoms with E-state index >= 15 is 0 Å². The fourth-order valence-electron chi connectivity index (χ4n) is 2.74. The third kappa shape index (κ3) is 3.91. The van der Waals surface area contributed by atoms with Crippen LogP contribution in [-0.2, 0) is 7.05 Å². The van der Waals surface area contributed by atoms with Crippen molar-refractivity contribution < 1.29 is 0 Å². The van der Waals surface area contributed by atoms with Crippen LogP contribution >= 0.6 is 0 Å². The Hall–Kier alpha value is -3.93. The number of allylic oxidation sites excluding steroid dienone is 6. The molecule has 0 saturated heterocycles. The van der Waals surface area contributed by atoms with E-state index in [2.05, 4.69) is 20.4 Å². The maximum absolute atomic E-state index is 8.00. The molecule has 1 aromatic heterocycles. The number of hydrogen-bond donors (Lipinski definition) is 1. The molecular formula is C22H18N6. The van der Waals surface area contributed by atoms with Crippen LogP contribution in [0.15, 0.2) is 106 Å². The molecule has 2 aromatic rings. The highest BCUT2D eigenvalue weighted by atomic mass is 15.2. The lowest BCUT2D eigenvalue weighted by atomic mass is 9.94. The molecule has 1 heterocycles. The fourth-order valence-corrected chi connectivity index (χ4v) is 2.74. The summed E-state index contributed by atoms with van der Waals surface area (Å²) < 4.78 is 1.94. The molecule has 2 aliphatic carbocycles. The van der Waals surface area contributed by atoms with E-state index in [1.807, 2.05) is 90.8 Å². The van der Waals surface area contributed by atoms with Crippen molar-refractivity contribution in [1.82, 2.24) is 4.57 Å². The largest absolute Gasteiger partial charge is 0.357 e. The average Bonchev–Trinajstić information content (AvgIpc) is 2.74. The third-order valence-corrected chi connectivity index (χ3v) is 4.27. The van der Waals surface area contributed by atoms with Gasteiger partial charge in [-0.3, -0.25) is 0 Å². The Bertz CT molecular complexity index is 1150. The minimum Gasteiger partial charge on any atom is -0.357 e. The van der Waals surface area contributed by atoms with Crippen molar-refractivity contribution in [1.29, 1.82) is 5.41 Å². The number of pyridine rings is 1. The topological polar surface area (TPSA) is 78.2 Å². The standard InChI is InChI=1S/C22H18N6/c1-28-14-12-18(13-15-28)25-24-16-6-8-17(9-7-16)26-27-22-11-10-21(23)19-4-2-3-5-20(19)22/h2-15,23H,1H3. The normalized spacial score (nSPS) is 16.3. The third-order valence-electron chi connectivity index (χ3n) is 4.27. The molecule has 0 radical (unpaired) electrons. The van der Waals surface area contributed by atoms with E-state index in [-0.39, 0.29) is 0 Å². The van der Waals surface area contributed by atoms with Crippen LogP contribution in [0.4, 0.5) is 0 Å². The Morgan fingerprint density at radius 2 is 1.29 bits per heavy atom. The molecule has 0 bridgehead atoms. The predicted octanol–water partition coefficient (Wildman–Crippen LogP) is 3.19. The van der Waals surface area contributed by atoms with Crippen LogP contribution in [0.3, 0.4) is 0 Å². The van der Waals surface area contributed by atoms with Gasteiger partial charge in [0.25, 0.3) is 0 Å². The van der Waals surface area contributed by atoms with Crippen molar-refractivity contribution >= 4 is 22.8 Å². The van der Waals surface area contributed by atoms with Gasteiger partial charge in [-0.25, -0.2) is 0 Å². The summed E-state index contributed by atoms with van der Waals surface area (Å²) in [4.78, 5) is 0. The summed E-state index contributed by atoms with van der Waals surface area (Å²) >= 11 is 0. The number of hydrogen-bond acceptors (Lipinski definition) is 5. The summed E-state index contributed by atoms with van der Waals surface area (Å²) in [6.07, 6.45) is 14.8. The highest BCUT2D eigenvalue weighted by molar-refractivity contribution is 6.25. The molecule has 1 aromatic carbocycles. The van der Waals surface area contributed by atoms with E-state index in [9.17, 15) is 0 Å². The van der Waals surface area contributed by atoms with Crippen LogP contribution in [0, 0.1) is 5.41 Å². The van der Waals surface area contributed by atoms with Crippen LogP contribution in [0.25, 0.3) is 0 Å². The lowest BCUT2D eigenvalue weighted by molar-refractivity contribution is 0.894.